The Kier molecular flexibility index (Phi) is 6.83. The van der Waals surface area contributed by atoms with Gasteiger partial charge in [-0.15, -0.1) is 0 Å². The zero-order valence-corrected chi connectivity index (χ0v) is 16.5. The number of methoxy groups -OCH3 is 1. The van der Waals surface area contributed by atoms with Gasteiger partial charge in [-0.05, 0) is 48.7 Å². The van der Waals surface area contributed by atoms with Crippen molar-refractivity contribution in [3.05, 3.63) is 57.6 Å². The molecule has 1 amide bonds. The fourth-order valence-corrected chi connectivity index (χ4v) is 3.22. The molecule has 1 aliphatic rings. The topological polar surface area (TPSA) is 56.8 Å². The van der Waals surface area contributed by atoms with Crippen molar-refractivity contribution in [1.82, 2.24) is 5.32 Å². The van der Waals surface area contributed by atoms with Gasteiger partial charge in [-0.3, -0.25) is 4.79 Å². The monoisotopic (exact) mass is 409 g/mol. The molecule has 0 aliphatic carbocycles. The van der Waals surface area contributed by atoms with Crippen molar-refractivity contribution < 1.29 is 19.0 Å². The summed E-state index contributed by atoms with van der Waals surface area (Å²) >= 11 is 12.0. The van der Waals surface area contributed by atoms with Gasteiger partial charge in [0.2, 0.25) is 0 Å². The lowest BCUT2D eigenvalue weighted by atomic mass is 10.1. The fraction of sp³-hybridized carbons (Fsp3) is 0.350. The van der Waals surface area contributed by atoms with Crippen LogP contribution in [0.5, 0.6) is 11.5 Å². The maximum absolute atomic E-state index is 12.3. The van der Waals surface area contributed by atoms with Crippen LogP contribution < -0.4 is 14.8 Å². The largest absolute Gasteiger partial charge is 0.493 e. The molecule has 27 heavy (non-hydrogen) atoms. The lowest BCUT2D eigenvalue weighted by Crippen LogP contribution is -2.23. The lowest BCUT2D eigenvalue weighted by Gasteiger charge is -2.15. The Morgan fingerprint density at radius 3 is 2.81 bits per heavy atom. The summed E-state index contributed by atoms with van der Waals surface area (Å²) in [5.74, 6) is 0.974. The van der Waals surface area contributed by atoms with Crippen molar-refractivity contribution in [2.75, 3.05) is 20.3 Å². The first-order chi connectivity index (χ1) is 13.1. The molecule has 1 heterocycles. The van der Waals surface area contributed by atoms with Gasteiger partial charge in [0.05, 0.1) is 23.8 Å². The van der Waals surface area contributed by atoms with E-state index in [1.165, 1.54) is 0 Å². The molecule has 1 atom stereocenters. The van der Waals surface area contributed by atoms with Crippen LogP contribution >= 0.6 is 23.2 Å². The molecule has 1 N–H and O–H groups in total. The van der Waals surface area contributed by atoms with Gasteiger partial charge in [-0.1, -0.05) is 29.3 Å². The van der Waals surface area contributed by atoms with E-state index in [4.69, 9.17) is 37.4 Å². The first-order valence-electron chi connectivity index (χ1n) is 8.71. The second-order valence-corrected chi connectivity index (χ2v) is 7.08. The molecule has 0 spiro atoms. The van der Waals surface area contributed by atoms with Gasteiger partial charge in [0.25, 0.3) is 5.91 Å². The molecule has 0 aromatic heterocycles. The van der Waals surface area contributed by atoms with E-state index in [0.717, 1.165) is 25.0 Å². The molecule has 0 bridgehead atoms. The van der Waals surface area contributed by atoms with Crippen molar-refractivity contribution in [3.63, 3.8) is 0 Å². The fourth-order valence-electron chi connectivity index (χ4n) is 2.85. The highest BCUT2D eigenvalue weighted by molar-refractivity contribution is 6.35. The van der Waals surface area contributed by atoms with E-state index in [1.807, 2.05) is 18.2 Å². The van der Waals surface area contributed by atoms with Crippen LogP contribution in [0.3, 0.4) is 0 Å². The van der Waals surface area contributed by atoms with Crippen molar-refractivity contribution >= 4 is 29.1 Å². The highest BCUT2D eigenvalue weighted by Crippen LogP contribution is 2.29. The first kappa shape index (κ1) is 19.8. The minimum atomic E-state index is -0.292. The number of rotatable bonds is 7. The molecular weight excluding hydrogens is 389 g/mol. The average Bonchev–Trinajstić information content (AvgIpc) is 3.20. The van der Waals surface area contributed by atoms with Gasteiger partial charge in [0.15, 0.2) is 11.5 Å². The molecule has 5 nitrogen and oxygen atoms in total. The molecular formula is C20H21Cl2NO4. The maximum Gasteiger partial charge on any atom is 0.253 e. The van der Waals surface area contributed by atoms with Crippen LogP contribution in [-0.4, -0.2) is 32.3 Å². The Balaban J connectivity index is 1.61. The molecule has 1 saturated heterocycles. The number of benzene rings is 2. The number of carbonyl (C=O) groups excluding carboxylic acids is 1. The summed E-state index contributed by atoms with van der Waals surface area (Å²) in [5.41, 5.74) is 1.22. The predicted octanol–water partition coefficient (Wildman–Crippen LogP) is 4.49. The Labute approximate surface area is 168 Å². The van der Waals surface area contributed by atoms with Gasteiger partial charge in [-0.2, -0.15) is 0 Å². The van der Waals surface area contributed by atoms with E-state index in [2.05, 4.69) is 5.32 Å². The lowest BCUT2D eigenvalue weighted by molar-refractivity contribution is 0.0669. The van der Waals surface area contributed by atoms with Crippen molar-refractivity contribution in [1.29, 1.82) is 0 Å². The smallest absolute Gasteiger partial charge is 0.253 e. The molecule has 1 aliphatic heterocycles. The number of hydrogen-bond donors (Lipinski definition) is 1. The summed E-state index contributed by atoms with van der Waals surface area (Å²) in [5, 5.41) is 3.64. The second-order valence-electron chi connectivity index (χ2n) is 6.24. The molecule has 2 aromatic rings. The van der Waals surface area contributed by atoms with E-state index < -0.39 is 0 Å². The van der Waals surface area contributed by atoms with Crippen LogP contribution in [0.15, 0.2) is 36.4 Å². The number of carbonyl (C=O) groups is 1. The van der Waals surface area contributed by atoms with Crippen LogP contribution in [0, 0.1) is 0 Å². The molecule has 7 heteroatoms. The minimum absolute atomic E-state index is 0.135. The first-order valence-corrected chi connectivity index (χ1v) is 9.47. The second kappa shape index (κ2) is 9.31. The van der Waals surface area contributed by atoms with Crippen LogP contribution in [0.1, 0.15) is 28.8 Å². The molecule has 0 unspecified atom stereocenters. The molecule has 0 radical (unpaired) electrons. The van der Waals surface area contributed by atoms with Gasteiger partial charge in [-0.25, -0.2) is 0 Å². The third kappa shape index (κ3) is 5.28. The van der Waals surface area contributed by atoms with E-state index >= 15 is 0 Å². The number of hydrogen-bond acceptors (Lipinski definition) is 4. The number of nitrogens with one attached hydrogen (secondary N) is 1. The summed E-state index contributed by atoms with van der Waals surface area (Å²) < 4.78 is 16.8. The highest BCUT2D eigenvalue weighted by atomic mass is 35.5. The minimum Gasteiger partial charge on any atom is -0.493 e. The SMILES string of the molecule is COc1cc(CNC(=O)c2cc(Cl)ccc2Cl)ccc1OC[C@H]1CCCO1. The third-order valence-corrected chi connectivity index (χ3v) is 4.87. The molecule has 1 fully saturated rings. The van der Waals surface area contributed by atoms with Crippen molar-refractivity contribution in [2.45, 2.75) is 25.5 Å². The number of ether oxygens (including phenoxy) is 3. The maximum atomic E-state index is 12.3. The van der Waals surface area contributed by atoms with Crippen LogP contribution in [0.4, 0.5) is 0 Å². The van der Waals surface area contributed by atoms with Gasteiger partial charge < -0.3 is 19.5 Å². The Morgan fingerprint density at radius 1 is 1.22 bits per heavy atom. The summed E-state index contributed by atoms with van der Waals surface area (Å²) in [6.07, 6.45) is 2.22. The summed E-state index contributed by atoms with van der Waals surface area (Å²) in [4.78, 5) is 12.3. The van der Waals surface area contributed by atoms with Crippen LogP contribution in [-0.2, 0) is 11.3 Å². The number of halogens is 2. The molecule has 3 rings (SSSR count). The predicted molar refractivity (Wildman–Crippen MR) is 105 cm³/mol. The van der Waals surface area contributed by atoms with Crippen molar-refractivity contribution in [2.24, 2.45) is 0 Å². The van der Waals surface area contributed by atoms with Crippen molar-refractivity contribution in [3.8, 4) is 11.5 Å². The quantitative estimate of drug-likeness (QED) is 0.731. The Hall–Kier alpha value is -1.95. The van der Waals surface area contributed by atoms with E-state index in [9.17, 15) is 4.79 Å². The van der Waals surface area contributed by atoms with Gasteiger partial charge >= 0.3 is 0 Å². The summed E-state index contributed by atoms with van der Waals surface area (Å²) in [6, 6.07) is 10.3. The Bertz CT molecular complexity index is 807. The molecule has 144 valence electrons. The standard InChI is InChI=1S/C20H21Cl2NO4/c1-25-19-9-13(4-7-18(19)27-12-15-3-2-8-26-15)11-23-20(24)16-10-14(21)5-6-17(16)22/h4-7,9-10,15H,2-3,8,11-12H2,1H3,(H,23,24)/t15-/m1/s1. The normalized spacial score (nSPS) is 16.2. The zero-order valence-electron chi connectivity index (χ0n) is 15.0. The van der Waals surface area contributed by atoms with E-state index in [-0.39, 0.29) is 12.0 Å². The summed E-state index contributed by atoms with van der Waals surface area (Å²) in [6.45, 7) is 1.62. The van der Waals surface area contributed by atoms with E-state index in [0.29, 0.717) is 40.3 Å². The van der Waals surface area contributed by atoms with Crippen LogP contribution in [0.25, 0.3) is 0 Å². The van der Waals surface area contributed by atoms with Crippen LogP contribution in [0.2, 0.25) is 10.0 Å². The molecule has 2 aromatic carbocycles. The summed E-state index contributed by atoms with van der Waals surface area (Å²) in [7, 11) is 1.59. The molecule has 0 saturated carbocycles. The highest BCUT2D eigenvalue weighted by Gasteiger charge is 2.17. The third-order valence-electron chi connectivity index (χ3n) is 4.30. The van der Waals surface area contributed by atoms with E-state index in [1.54, 1.807) is 25.3 Å². The zero-order chi connectivity index (χ0) is 19.2. The van der Waals surface area contributed by atoms with Gasteiger partial charge in [0.1, 0.15) is 6.61 Å². The number of amides is 1. The Morgan fingerprint density at radius 2 is 2.07 bits per heavy atom. The van der Waals surface area contributed by atoms with Gasteiger partial charge in [0, 0.05) is 18.2 Å². The average molecular weight is 410 g/mol.